The lowest BCUT2D eigenvalue weighted by molar-refractivity contribution is -0.138. The summed E-state index contributed by atoms with van der Waals surface area (Å²) < 4.78 is 11.1. The van der Waals surface area contributed by atoms with Gasteiger partial charge in [0.1, 0.15) is 12.1 Å². The van der Waals surface area contributed by atoms with E-state index >= 15 is 0 Å². The Kier molecular flexibility index (Phi) is 4.46. The molecule has 1 saturated heterocycles. The molecule has 0 amide bonds. The third kappa shape index (κ3) is 3.40. The smallest absolute Gasteiger partial charge is 0.320 e. The predicted octanol–water partition coefficient (Wildman–Crippen LogP) is 0.342. The Bertz CT molecular complexity index is 486. The third-order valence-electron chi connectivity index (χ3n) is 3.33. The van der Waals surface area contributed by atoms with Gasteiger partial charge in [-0.3, -0.25) is 9.69 Å². The number of ether oxygens (including phenoxy) is 2. The molecule has 2 rings (SSSR count). The third-order valence-corrected chi connectivity index (χ3v) is 3.33. The number of hydrogen-bond acceptors (Lipinski definition) is 5. The first-order valence-electron chi connectivity index (χ1n) is 6.50. The van der Waals surface area contributed by atoms with Gasteiger partial charge in [0.15, 0.2) is 11.5 Å². The number of carboxylic acid groups (broad SMARTS) is 1. The molecule has 1 aromatic carbocycles. The maximum absolute atomic E-state index is 10.8. The van der Waals surface area contributed by atoms with Crippen molar-refractivity contribution in [1.82, 2.24) is 4.90 Å². The maximum atomic E-state index is 10.8. The van der Waals surface area contributed by atoms with E-state index in [0.29, 0.717) is 11.5 Å². The normalized spacial score (nSPS) is 17.4. The van der Waals surface area contributed by atoms with Gasteiger partial charge in [0, 0.05) is 13.1 Å². The number of carboxylic acids is 1. The average molecular weight is 280 g/mol. The van der Waals surface area contributed by atoms with Crippen LogP contribution in [0.1, 0.15) is 5.56 Å². The van der Waals surface area contributed by atoms with Crippen LogP contribution in [0.3, 0.4) is 0 Å². The Morgan fingerprint density at radius 2 is 2.20 bits per heavy atom. The van der Waals surface area contributed by atoms with Crippen molar-refractivity contribution in [1.29, 1.82) is 0 Å². The van der Waals surface area contributed by atoms with E-state index in [0.717, 1.165) is 18.7 Å². The topological polar surface area (TPSA) is 85.0 Å². The van der Waals surface area contributed by atoms with Crippen molar-refractivity contribution in [3.8, 4) is 11.5 Å². The molecule has 6 nitrogen and oxygen atoms in total. The van der Waals surface area contributed by atoms with Crippen molar-refractivity contribution >= 4 is 5.97 Å². The van der Waals surface area contributed by atoms with Gasteiger partial charge in [-0.15, -0.1) is 0 Å². The van der Waals surface area contributed by atoms with Crippen LogP contribution in [-0.4, -0.2) is 55.4 Å². The monoisotopic (exact) mass is 280 g/mol. The lowest BCUT2D eigenvalue weighted by atomic mass is 10.1. The number of methoxy groups -OCH3 is 1. The van der Waals surface area contributed by atoms with Gasteiger partial charge >= 0.3 is 5.97 Å². The highest BCUT2D eigenvalue weighted by Crippen LogP contribution is 2.30. The standard InChI is InChI=1S/C14H20N2O4/c1-16-7-10(8-16)20-13-6-9(3-4-12(13)19-2)5-11(15)14(17)18/h3-4,6,10-11H,5,7-8,15H2,1-2H3,(H,17,18). The lowest BCUT2D eigenvalue weighted by Crippen LogP contribution is -2.51. The van der Waals surface area contributed by atoms with Crippen molar-refractivity contribution in [3.63, 3.8) is 0 Å². The molecule has 1 heterocycles. The Labute approximate surface area is 118 Å². The van der Waals surface area contributed by atoms with Crippen molar-refractivity contribution in [2.45, 2.75) is 18.6 Å². The second-order valence-electron chi connectivity index (χ2n) is 5.10. The van der Waals surface area contributed by atoms with Crippen LogP contribution in [-0.2, 0) is 11.2 Å². The van der Waals surface area contributed by atoms with Crippen LogP contribution in [0.4, 0.5) is 0 Å². The fourth-order valence-corrected chi connectivity index (χ4v) is 2.18. The molecule has 1 aliphatic rings. The van der Waals surface area contributed by atoms with Crippen LogP contribution in [0.5, 0.6) is 11.5 Å². The van der Waals surface area contributed by atoms with E-state index in [4.69, 9.17) is 20.3 Å². The number of rotatable bonds is 6. The molecule has 1 fully saturated rings. The average Bonchev–Trinajstić information content (AvgIpc) is 2.37. The first-order chi connectivity index (χ1) is 9.49. The molecule has 0 bridgehead atoms. The fraction of sp³-hybridized carbons (Fsp3) is 0.500. The fourth-order valence-electron chi connectivity index (χ4n) is 2.18. The van der Waals surface area contributed by atoms with Gasteiger partial charge in [0.05, 0.1) is 7.11 Å². The Morgan fingerprint density at radius 3 is 2.75 bits per heavy atom. The number of benzene rings is 1. The predicted molar refractivity (Wildman–Crippen MR) is 74.2 cm³/mol. The van der Waals surface area contributed by atoms with Gasteiger partial charge in [0.2, 0.25) is 0 Å². The summed E-state index contributed by atoms with van der Waals surface area (Å²) in [7, 11) is 3.61. The number of aliphatic carboxylic acids is 1. The molecular weight excluding hydrogens is 260 g/mol. The van der Waals surface area contributed by atoms with E-state index in [1.165, 1.54) is 0 Å². The van der Waals surface area contributed by atoms with E-state index in [1.54, 1.807) is 25.3 Å². The Morgan fingerprint density at radius 1 is 1.50 bits per heavy atom. The van der Waals surface area contributed by atoms with Crippen molar-refractivity contribution < 1.29 is 19.4 Å². The molecule has 1 atom stereocenters. The highest BCUT2D eigenvalue weighted by molar-refractivity contribution is 5.73. The number of carbonyl (C=O) groups is 1. The van der Waals surface area contributed by atoms with Crippen LogP contribution in [0.25, 0.3) is 0 Å². The molecule has 0 aromatic heterocycles. The van der Waals surface area contributed by atoms with Crippen LogP contribution in [0.2, 0.25) is 0 Å². The summed E-state index contributed by atoms with van der Waals surface area (Å²) >= 11 is 0. The summed E-state index contributed by atoms with van der Waals surface area (Å²) in [6.07, 6.45) is 0.414. The van der Waals surface area contributed by atoms with Gasteiger partial charge in [0.25, 0.3) is 0 Å². The Hall–Kier alpha value is -1.79. The molecule has 0 spiro atoms. The van der Waals surface area contributed by atoms with E-state index in [-0.39, 0.29) is 12.5 Å². The number of nitrogens with zero attached hydrogens (tertiary/aromatic N) is 1. The molecule has 3 N–H and O–H groups in total. The summed E-state index contributed by atoms with van der Waals surface area (Å²) in [6, 6.07) is 4.48. The van der Waals surface area contributed by atoms with Crippen LogP contribution in [0, 0.1) is 0 Å². The SMILES string of the molecule is COc1ccc(CC(N)C(=O)O)cc1OC1CN(C)C1. The minimum atomic E-state index is -1.01. The minimum absolute atomic E-state index is 0.150. The molecular formula is C14H20N2O4. The molecule has 20 heavy (non-hydrogen) atoms. The van der Waals surface area contributed by atoms with Crippen LogP contribution < -0.4 is 15.2 Å². The zero-order valence-corrected chi connectivity index (χ0v) is 11.7. The number of likely N-dealkylation sites (N-methyl/N-ethyl adjacent to an activating group) is 1. The van der Waals surface area contributed by atoms with E-state index in [2.05, 4.69) is 4.90 Å². The zero-order valence-electron chi connectivity index (χ0n) is 11.7. The van der Waals surface area contributed by atoms with E-state index in [9.17, 15) is 4.79 Å². The van der Waals surface area contributed by atoms with E-state index < -0.39 is 12.0 Å². The minimum Gasteiger partial charge on any atom is -0.493 e. The highest BCUT2D eigenvalue weighted by atomic mass is 16.5. The van der Waals surface area contributed by atoms with Crippen LogP contribution in [0.15, 0.2) is 18.2 Å². The van der Waals surface area contributed by atoms with Gasteiger partial charge in [-0.25, -0.2) is 0 Å². The maximum Gasteiger partial charge on any atom is 0.320 e. The number of likely N-dealkylation sites (tertiary alicyclic amines) is 1. The lowest BCUT2D eigenvalue weighted by Gasteiger charge is -2.36. The van der Waals surface area contributed by atoms with Gasteiger partial charge in [-0.05, 0) is 31.2 Å². The molecule has 110 valence electrons. The van der Waals surface area contributed by atoms with Crippen LogP contribution >= 0.6 is 0 Å². The highest BCUT2D eigenvalue weighted by Gasteiger charge is 2.26. The molecule has 6 heteroatoms. The molecule has 1 aliphatic heterocycles. The molecule has 0 saturated carbocycles. The molecule has 0 radical (unpaired) electrons. The van der Waals surface area contributed by atoms with Crippen molar-refractivity contribution in [3.05, 3.63) is 23.8 Å². The number of nitrogens with two attached hydrogens (primary N) is 1. The summed E-state index contributed by atoms with van der Waals surface area (Å²) in [5.41, 5.74) is 6.37. The van der Waals surface area contributed by atoms with E-state index in [1.807, 2.05) is 7.05 Å². The molecule has 1 aromatic rings. The summed E-state index contributed by atoms with van der Waals surface area (Å²) in [6.45, 7) is 1.75. The Balaban J connectivity index is 2.09. The summed E-state index contributed by atoms with van der Waals surface area (Å²) in [5, 5.41) is 8.85. The molecule has 1 unspecified atom stereocenters. The van der Waals surface area contributed by atoms with Crippen molar-refractivity contribution in [2.75, 3.05) is 27.2 Å². The quantitative estimate of drug-likeness (QED) is 0.782. The van der Waals surface area contributed by atoms with Gasteiger partial charge < -0.3 is 20.3 Å². The molecule has 0 aliphatic carbocycles. The van der Waals surface area contributed by atoms with Gasteiger partial charge in [-0.2, -0.15) is 0 Å². The largest absolute Gasteiger partial charge is 0.493 e. The first-order valence-corrected chi connectivity index (χ1v) is 6.50. The van der Waals surface area contributed by atoms with Gasteiger partial charge in [-0.1, -0.05) is 6.07 Å². The summed E-state index contributed by atoms with van der Waals surface area (Å²) in [5.74, 6) is 0.275. The first kappa shape index (κ1) is 14.6. The second kappa shape index (κ2) is 6.11. The number of hydrogen-bond donors (Lipinski definition) is 2. The zero-order chi connectivity index (χ0) is 14.7. The van der Waals surface area contributed by atoms with Crippen molar-refractivity contribution in [2.24, 2.45) is 5.73 Å². The summed E-state index contributed by atoms with van der Waals surface area (Å²) in [4.78, 5) is 12.9. The second-order valence-corrected chi connectivity index (χ2v) is 5.10.